The molecule has 48 heavy (non-hydrogen) atoms. The quantitative estimate of drug-likeness (QED) is 0.159. The van der Waals surface area contributed by atoms with Crippen molar-refractivity contribution < 1.29 is 43.4 Å². The summed E-state index contributed by atoms with van der Waals surface area (Å²) in [7, 11) is 4.62. The zero-order chi connectivity index (χ0) is 34.6. The summed E-state index contributed by atoms with van der Waals surface area (Å²) in [5.74, 6) is 1.51. The molecule has 12 nitrogen and oxygen atoms in total. The lowest BCUT2D eigenvalue weighted by atomic mass is 9.89. The fraction of sp³-hybridized carbons (Fsp3) is 0.389. The number of hydrogen-bond donors (Lipinski definition) is 4. The molecule has 4 aromatic rings. The number of carbonyl (C=O) groups excluding carboxylic acids is 1. The molecule has 0 bridgehead atoms. The van der Waals surface area contributed by atoms with Crippen LogP contribution in [0.5, 0.6) is 23.1 Å². The van der Waals surface area contributed by atoms with Crippen molar-refractivity contribution in [2.45, 2.75) is 57.4 Å². The maximum absolute atomic E-state index is 13.7. The highest BCUT2D eigenvalue weighted by atomic mass is 16.7. The molecule has 5 N–H and O–H groups in total. The van der Waals surface area contributed by atoms with E-state index in [4.69, 9.17) is 39.1 Å². The Morgan fingerprint density at radius 2 is 1.77 bits per heavy atom. The molecule has 3 aromatic carbocycles. The lowest BCUT2D eigenvalue weighted by Gasteiger charge is -2.46. The van der Waals surface area contributed by atoms with E-state index in [0.717, 1.165) is 11.1 Å². The summed E-state index contributed by atoms with van der Waals surface area (Å²) in [6.07, 6.45) is -3.92. The van der Waals surface area contributed by atoms with E-state index in [9.17, 15) is 15.0 Å². The van der Waals surface area contributed by atoms with Crippen LogP contribution in [0.4, 0.5) is 5.69 Å². The fourth-order valence-corrected chi connectivity index (χ4v) is 5.82. The monoisotopic (exact) mass is 661 g/mol. The van der Waals surface area contributed by atoms with Crippen molar-refractivity contribution in [3.63, 3.8) is 0 Å². The van der Waals surface area contributed by atoms with Gasteiger partial charge in [0.05, 0.1) is 31.9 Å². The van der Waals surface area contributed by atoms with Gasteiger partial charge >= 0.3 is 0 Å². The highest BCUT2D eigenvalue weighted by Gasteiger charge is 2.50. The first kappa shape index (κ1) is 34.9. The third-order valence-electron chi connectivity index (χ3n) is 8.38. The van der Waals surface area contributed by atoms with Crippen molar-refractivity contribution in [1.29, 1.82) is 0 Å². The number of rotatable bonds is 12. The molecule has 0 spiro atoms. The topological polar surface area (TPSA) is 164 Å². The van der Waals surface area contributed by atoms with Crippen LogP contribution in [0.1, 0.15) is 36.2 Å². The van der Waals surface area contributed by atoms with Crippen LogP contribution < -0.4 is 30.0 Å². The number of benzene rings is 3. The fourth-order valence-electron chi connectivity index (χ4n) is 5.82. The number of amides is 1. The first-order valence-corrected chi connectivity index (χ1v) is 15.7. The number of ether oxygens (including phenoxy) is 6. The second-order valence-corrected chi connectivity index (χ2v) is 12.0. The Bertz CT molecular complexity index is 1760. The lowest BCUT2D eigenvalue weighted by molar-refractivity contribution is -0.306. The molecular formula is C36H43N3O9. The number of hydrogen-bond acceptors (Lipinski definition) is 11. The number of aliphatic hydroxyl groups excluding tert-OH is 2. The van der Waals surface area contributed by atoms with Gasteiger partial charge in [0.25, 0.3) is 5.91 Å². The zero-order valence-corrected chi connectivity index (χ0v) is 28.0. The Morgan fingerprint density at radius 1 is 1.00 bits per heavy atom. The number of pyridine rings is 1. The maximum Gasteiger partial charge on any atom is 0.255 e. The van der Waals surface area contributed by atoms with E-state index in [1.165, 1.54) is 7.11 Å². The molecule has 1 fully saturated rings. The van der Waals surface area contributed by atoms with Crippen molar-refractivity contribution >= 4 is 22.5 Å². The summed E-state index contributed by atoms with van der Waals surface area (Å²) >= 11 is 0. The molecule has 256 valence electrons. The third-order valence-corrected chi connectivity index (χ3v) is 8.38. The van der Waals surface area contributed by atoms with E-state index < -0.39 is 30.2 Å². The standard InChI is InChI=1S/C36H43N3O9/c1-20-27(47-35-31(41)30(40)32(45-6)36(2,3)48-35)13-11-22-19-26(34(39-29(20)22)46-16-8-15-37)38-33(42)23-12-14-28(44-5)25(18-23)21-9-7-10-24(17-21)43-4/h7,9-14,17-19,30-32,35,40-41H,8,15-16,37H2,1-6H3,(H,38,42)/t30-,31+,32+,35+/m0/s1. The minimum Gasteiger partial charge on any atom is -0.497 e. The Balaban J connectivity index is 1.46. The number of aryl methyl sites for hydroxylation is 1. The molecule has 1 saturated heterocycles. The smallest absolute Gasteiger partial charge is 0.255 e. The predicted octanol–water partition coefficient (Wildman–Crippen LogP) is 4.46. The molecule has 0 radical (unpaired) electrons. The average molecular weight is 662 g/mol. The average Bonchev–Trinajstić information content (AvgIpc) is 3.08. The normalized spacial score (nSPS) is 20.3. The van der Waals surface area contributed by atoms with Gasteiger partial charge in [-0.15, -0.1) is 0 Å². The first-order valence-electron chi connectivity index (χ1n) is 15.7. The molecule has 0 saturated carbocycles. The van der Waals surface area contributed by atoms with Crippen molar-refractivity contribution in [2.75, 3.05) is 39.8 Å². The SMILES string of the molecule is COc1cccc(-c2cc(C(=O)Nc3cc4ccc(O[C@@H]5OC(C)(C)[C@H](OC)[C@@H](O)[C@H]5O)c(C)c4nc3OCCCN)ccc2OC)c1. The first-order chi connectivity index (χ1) is 23.0. The van der Waals surface area contributed by atoms with Gasteiger partial charge in [0.2, 0.25) is 12.2 Å². The highest BCUT2D eigenvalue weighted by molar-refractivity contribution is 6.07. The van der Waals surface area contributed by atoms with Gasteiger partial charge in [-0.3, -0.25) is 4.79 Å². The van der Waals surface area contributed by atoms with E-state index in [1.54, 1.807) is 64.5 Å². The summed E-state index contributed by atoms with van der Waals surface area (Å²) in [4.78, 5) is 18.5. The summed E-state index contributed by atoms with van der Waals surface area (Å²) in [6, 6.07) is 18.0. The third kappa shape index (κ3) is 7.18. The largest absolute Gasteiger partial charge is 0.497 e. The number of aliphatic hydroxyl groups is 2. The number of nitrogens with zero attached hydrogens (tertiary/aromatic N) is 1. The minimum atomic E-state index is -1.36. The van der Waals surface area contributed by atoms with Crippen LogP contribution in [0.15, 0.2) is 60.7 Å². The molecule has 4 atom stereocenters. The van der Waals surface area contributed by atoms with Crippen LogP contribution in [0.3, 0.4) is 0 Å². The van der Waals surface area contributed by atoms with Gasteiger partial charge in [-0.1, -0.05) is 12.1 Å². The number of nitrogens with one attached hydrogen (secondary N) is 1. The lowest BCUT2D eigenvalue weighted by Crippen LogP contribution is -2.63. The summed E-state index contributed by atoms with van der Waals surface area (Å²) in [5.41, 5.74) is 8.30. The number of anilines is 1. The molecule has 0 unspecified atom stereocenters. The Hall–Kier alpha value is -4.46. The Kier molecular flexibility index (Phi) is 10.7. The van der Waals surface area contributed by atoms with Crippen LogP contribution in [-0.4, -0.2) is 85.8 Å². The van der Waals surface area contributed by atoms with Crippen LogP contribution in [0.2, 0.25) is 0 Å². The summed E-state index contributed by atoms with van der Waals surface area (Å²) < 4.78 is 34.5. The van der Waals surface area contributed by atoms with Crippen molar-refractivity contribution in [2.24, 2.45) is 5.73 Å². The molecule has 2 heterocycles. The van der Waals surface area contributed by atoms with Crippen LogP contribution >= 0.6 is 0 Å². The van der Waals surface area contributed by atoms with Gasteiger partial charge in [-0.05, 0) is 87.8 Å². The maximum atomic E-state index is 13.7. The van der Waals surface area contributed by atoms with Crippen LogP contribution in [-0.2, 0) is 9.47 Å². The number of methoxy groups -OCH3 is 3. The van der Waals surface area contributed by atoms with Gasteiger partial charge in [0, 0.05) is 29.2 Å². The zero-order valence-electron chi connectivity index (χ0n) is 28.0. The molecule has 0 aliphatic carbocycles. The van der Waals surface area contributed by atoms with Crippen molar-refractivity contribution in [3.05, 3.63) is 71.8 Å². The van der Waals surface area contributed by atoms with Gasteiger partial charge in [0.1, 0.15) is 41.2 Å². The minimum absolute atomic E-state index is 0.208. The Labute approximate surface area is 279 Å². The van der Waals surface area contributed by atoms with Crippen LogP contribution in [0.25, 0.3) is 22.0 Å². The number of aromatic nitrogens is 1. The second kappa shape index (κ2) is 14.8. The Morgan fingerprint density at radius 3 is 2.48 bits per heavy atom. The van der Waals surface area contributed by atoms with Crippen molar-refractivity contribution in [3.8, 4) is 34.3 Å². The molecule has 12 heteroatoms. The molecule has 5 rings (SSSR count). The van der Waals surface area contributed by atoms with Crippen molar-refractivity contribution in [1.82, 2.24) is 4.98 Å². The van der Waals surface area contributed by atoms with Crippen LogP contribution in [0, 0.1) is 6.92 Å². The summed E-state index contributed by atoms with van der Waals surface area (Å²) in [6.45, 7) is 6.03. The highest BCUT2D eigenvalue weighted by Crippen LogP contribution is 2.37. The summed E-state index contributed by atoms with van der Waals surface area (Å²) in [5, 5.41) is 25.1. The molecular weight excluding hydrogens is 618 g/mol. The van der Waals surface area contributed by atoms with Gasteiger partial charge in [-0.2, -0.15) is 0 Å². The van der Waals surface area contributed by atoms with E-state index >= 15 is 0 Å². The number of carbonyl (C=O) groups is 1. The number of fused-ring (bicyclic) bond motifs is 1. The van der Waals surface area contributed by atoms with E-state index in [0.29, 0.717) is 57.9 Å². The van der Waals surface area contributed by atoms with Gasteiger partial charge in [0.15, 0.2) is 0 Å². The van der Waals surface area contributed by atoms with E-state index in [2.05, 4.69) is 5.32 Å². The molecule has 1 aliphatic rings. The van der Waals surface area contributed by atoms with E-state index in [1.807, 2.05) is 31.2 Å². The molecule has 1 amide bonds. The second-order valence-electron chi connectivity index (χ2n) is 12.0. The number of nitrogens with two attached hydrogens (primary N) is 1. The molecule has 1 aliphatic heterocycles. The van der Waals surface area contributed by atoms with Gasteiger partial charge in [-0.25, -0.2) is 4.98 Å². The van der Waals surface area contributed by atoms with Gasteiger partial charge < -0.3 is 49.7 Å². The predicted molar refractivity (Wildman–Crippen MR) is 181 cm³/mol. The molecule has 1 aromatic heterocycles. The van der Waals surface area contributed by atoms with E-state index in [-0.39, 0.29) is 18.4 Å².